The molecule has 0 unspecified atom stereocenters. The summed E-state index contributed by atoms with van der Waals surface area (Å²) in [6.45, 7) is 4.03. The Morgan fingerprint density at radius 2 is 1.81 bits per heavy atom. The number of rotatable bonds is 6. The quantitative estimate of drug-likeness (QED) is 0.445. The fraction of sp³-hybridized carbons (Fsp3) is 0.158. The molecule has 2 N–H and O–H groups in total. The second kappa shape index (κ2) is 9.14. The number of hydrogen-bond donors (Lipinski definition) is 2. The van der Waals surface area contributed by atoms with Crippen LogP contribution in [0.3, 0.4) is 0 Å². The van der Waals surface area contributed by atoms with Crippen LogP contribution >= 0.6 is 0 Å². The van der Waals surface area contributed by atoms with Gasteiger partial charge in [0.05, 0.1) is 18.8 Å². The summed E-state index contributed by atoms with van der Waals surface area (Å²) in [6.07, 6.45) is 1.19. The third kappa shape index (κ3) is 5.67. The molecule has 0 spiro atoms. The van der Waals surface area contributed by atoms with E-state index in [0.717, 1.165) is 5.56 Å². The lowest BCUT2D eigenvalue weighted by Gasteiger charge is -2.09. The fourth-order valence-corrected chi connectivity index (χ4v) is 2.10. The topological polar surface area (TPSA) is 120 Å². The molecule has 8 nitrogen and oxygen atoms in total. The number of nitrogens with zero attached hydrogens (tertiary/aromatic N) is 1. The minimum absolute atomic E-state index is 0.0663. The van der Waals surface area contributed by atoms with Crippen LogP contribution < -0.4 is 20.6 Å². The number of carbonyl (C=O) groups excluding carboxylic acids is 3. The predicted molar refractivity (Wildman–Crippen MR) is 97.5 cm³/mol. The molecule has 0 saturated heterocycles. The van der Waals surface area contributed by atoms with Crippen molar-refractivity contribution in [1.82, 2.24) is 5.43 Å². The standard InChI is InChI=1S/C19H19N3O5/c1-3-27-16-9-6-13(19(25)26)10-14(16)11-20-22-18(24)17(23)21-15-7-4-12(2)5-8-15/h4-11H,3H2,1-2H3,(H,21,23)(H,22,24)(H,25,26)/p-1/b20-11-. The van der Waals surface area contributed by atoms with Gasteiger partial charge in [0.1, 0.15) is 5.75 Å². The number of benzene rings is 2. The number of aryl methyl sites for hydroxylation is 1. The van der Waals surface area contributed by atoms with Crippen LogP contribution in [0.15, 0.2) is 47.6 Å². The van der Waals surface area contributed by atoms with Crippen molar-refractivity contribution in [3.8, 4) is 5.75 Å². The molecular formula is C19H18N3O5-. The normalized spacial score (nSPS) is 10.4. The van der Waals surface area contributed by atoms with Crippen LogP contribution in [-0.2, 0) is 9.59 Å². The molecule has 0 bridgehead atoms. The first-order valence-corrected chi connectivity index (χ1v) is 8.10. The number of anilines is 1. The molecule has 0 saturated carbocycles. The smallest absolute Gasteiger partial charge is 0.329 e. The average Bonchev–Trinajstić information content (AvgIpc) is 2.64. The summed E-state index contributed by atoms with van der Waals surface area (Å²) in [6, 6.07) is 11.0. The number of nitrogens with one attached hydrogen (secondary N) is 2. The van der Waals surface area contributed by atoms with Gasteiger partial charge >= 0.3 is 11.8 Å². The molecule has 0 heterocycles. The Morgan fingerprint density at radius 3 is 2.44 bits per heavy atom. The van der Waals surface area contributed by atoms with Crippen LogP contribution in [0.5, 0.6) is 5.75 Å². The van der Waals surface area contributed by atoms with E-state index in [9.17, 15) is 19.5 Å². The largest absolute Gasteiger partial charge is 0.545 e. The summed E-state index contributed by atoms with van der Waals surface area (Å²) < 4.78 is 5.37. The molecule has 140 valence electrons. The molecule has 2 aromatic rings. The molecule has 0 fully saturated rings. The Kier molecular flexibility index (Phi) is 6.65. The van der Waals surface area contributed by atoms with Gasteiger partial charge in [-0.15, -0.1) is 0 Å². The van der Waals surface area contributed by atoms with E-state index in [2.05, 4.69) is 15.8 Å². The van der Waals surface area contributed by atoms with Crippen molar-refractivity contribution in [3.05, 3.63) is 59.2 Å². The first-order chi connectivity index (χ1) is 12.9. The number of carbonyl (C=O) groups is 3. The van der Waals surface area contributed by atoms with E-state index in [1.807, 2.05) is 6.92 Å². The van der Waals surface area contributed by atoms with Crippen LogP contribution in [0.1, 0.15) is 28.4 Å². The van der Waals surface area contributed by atoms with Gasteiger partial charge < -0.3 is 20.0 Å². The number of ether oxygens (including phenoxy) is 1. The predicted octanol–water partition coefficient (Wildman–Crippen LogP) is 0.846. The molecule has 0 aliphatic carbocycles. The molecule has 2 amide bonds. The summed E-state index contributed by atoms with van der Waals surface area (Å²) in [4.78, 5) is 34.6. The van der Waals surface area contributed by atoms with Crippen molar-refractivity contribution in [2.45, 2.75) is 13.8 Å². The Bertz CT molecular complexity index is 875. The monoisotopic (exact) mass is 368 g/mol. The summed E-state index contributed by atoms with van der Waals surface area (Å²) in [5.74, 6) is -2.83. The van der Waals surface area contributed by atoms with Gasteiger partial charge in [-0.25, -0.2) is 5.43 Å². The molecule has 2 aromatic carbocycles. The van der Waals surface area contributed by atoms with Gasteiger partial charge in [0.15, 0.2) is 0 Å². The van der Waals surface area contributed by atoms with Crippen molar-refractivity contribution in [3.63, 3.8) is 0 Å². The fourth-order valence-electron chi connectivity index (χ4n) is 2.10. The van der Waals surface area contributed by atoms with Crippen LogP contribution in [0.2, 0.25) is 0 Å². The second-order valence-electron chi connectivity index (χ2n) is 5.49. The molecule has 0 radical (unpaired) electrons. The molecule has 2 rings (SSSR count). The lowest BCUT2D eigenvalue weighted by Crippen LogP contribution is -2.32. The Balaban J connectivity index is 2.03. The number of amides is 2. The van der Waals surface area contributed by atoms with Crippen molar-refractivity contribution in [1.29, 1.82) is 0 Å². The number of aromatic carboxylic acids is 1. The zero-order valence-electron chi connectivity index (χ0n) is 14.8. The highest BCUT2D eigenvalue weighted by molar-refractivity contribution is 6.39. The highest BCUT2D eigenvalue weighted by atomic mass is 16.5. The molecule has 8 heteroatoms. The zero-order chi connectivity index (χ0) is 19.8. The van der Waals surface area contributed by atoms with Gasteiger partial charge in [0, 0.05) is 11.3 Å². The second-order valence-corrected chi connectivity index (χ2v) is 5.49. The molecular weight excluding hydrogens is 350 g/mol. The van der Waals surface area contributed by atoms with Gasteiger partial charge in [-0.1, -0.05) is 17.7 Å². The molecule has 0 aliphatic heterocycles. The van der Waals surface area contributed by atoms with Gasteiger partial charge in [-0.2, -0.15) is 5.10 Å². The first-order valence-electron chi connectivity index (χ1n) is 8.10. The minimum Gasteiger partial charge on any atom is -0.545 e. The van der Waals surface area contributed by atoms with E-state index >= 15 is 0 Å². The number of carboxylic acids is 1. The maximum absolute atomic E-state index is 11.8. The summed E-state index contributed by atoms with van der Waals surface area (Å²) in [7, 11) is 0. The number of hydrazone groups is 1. The van der Waals surface area contributed by atoms with Crippen molar-refractivity contribution < 1.29 is 24.2 Å². The minimum atomic E-state index is -1.35. The van der Waals surface area contributed by atoms with E-state index in [4.69, 9.17) is 4.74 Å². The van der Waals surface area contributed by atoms with E-state index in [1.54, 1.807) is 31.2 Å². The number of hydrogen-bond acceptors (Lipinski definition) is 6. The third-order valence-corrected chi connectivity index (χ3v) is 3.43. The van der Waals surface area contributed by atoms with Gasteiger partial charge in [0.2, 0.25) is 0 Å². The zero-order valence-corrected chi connectivity index (χ0v) is 14.8. The maximum Gasteiger partial charge on any atom is 0.329 e. The summed E-state index contributed by atoms with van der Waals surface area (Å²) >= 11 is 0. The lowest BCUT2D eigenvalue weighted by molar-refractivity contribution is -0.255. The molecule has 0 aromatic heterocycles. The van der Waals surface area contributed by atoms with Crippen LogP contribution in [-0.4, -0.2) is 30.6 Å². The van der Waals surface area contributed by atoms with Crippen LogP contribution in [0.4, 0.5) is 5.69 Å². The first kappa shape index (κ1) is 19.6. The number of carboxylic acid groups (broad SMARTS) is 1. The van der Waals surface area contributed by atoms with Crippen molar-refractivity contribution in [2.24, 2.45) is 5.10 Å². The lowest BCUT2D eigenvalue weighted by atomic mass is 10.1. The highest BCUT2D eigenvalue weighted by Gasteiger charge is 2.13. The van der Waals surface area contributed by atoms with E-state index in [1.165, 1.54) is 24.4 Å². The van der Waals surface area contributed by atoms with Gasteiger partial charge in [-0.3, -0.25) is 9.59 Å². The van der Waals surface area contributed by atoms with E-state index in [-0.39, 0.29) is 5.56 Å². The van der Waals surface area contributed by atoms with Crippen molar-refractivity contribution in [2.75, 3.05) is 11.9 Å². The van der Waals surface area contributed by atoms with E-state index in [0.29, 0.717) is 23.6 Å². The summed E-state index contributed by atoms with van der Waals surface area (Å²) in [5, 5.41) is 17.1. The Morgan fingerprint density at radius 1 is 1.11 bits per heavy atom. The molecule has 0 aliphatic rings. The molecule has 27 heavy (non-hydrogen) atoms. The average molecular weight is 368 g/mol. The Labute approximate surface area is 155 Å². The van der Waals surface area contributed by atoms with E-state index < -0.39 is 17.8 Å². The van der Waals surface area contributed by atoms with Crippen LogP contribution in [0.25, 0.3) is 0 Å². The van der Waals surface area contributed by atoms with Crippen LogP contribution in [0, 0.1) is 6.92 Å². The van der Waals surface area contributed by atoms with Crippen molar-refractivity contribution >= 4 is 29.7 Å². The van der Waals surface area contributed by atoms with Gasteiger partial charge in [0.25, 0.3) is 0 Å². The third-order valence-electron chi connectivity index (χ3n) is 3.43. The Hall–Kier alpha value is -3.68. The highest BCUT2D eigenvalue weighted by Crippen LogP contribution is 2.18. The summed E-state index contributed by atoms with van der Waals surface area (Å²) in [5.41, 5.74) is 3.83. The molecule has 0 atom stereocenters. The SMILES string of the molecule is CCOc1ccc(C(=O)[O-])cc1/C=N\NC(=O)C(=O)Nc1ccc(C)cc1. The maximum atomic E-state index is 11.8. The van der Waals surface area contributed by atoms with Gasteiger partial charge in [-0.05, 0) is 49.7 Å².